The molecule has 10 heteroatoms. The van der Waals surface area contributed by atoms with Gasteiger partial charge in [0, 0.05) is 30.4 Å². The van der Waals surface area contributed by atoms with Crippen molar-refractivity contribution in [2.45, 2.75) is 43.5 Å². The summed E-state index contributed by atoms with van der Waals surface area (Å²) in [5.41, 5.74) is 1.17. The summed E-state index contributed by atoms with van der Waals surface area (Å²) in [4.78, 5) is 20.5. The monoisotopic (exact) mass is 444 g/mol. The lowest BCUT2D eigenvalue weighted by atomic mass is 10.2. The highest BCUT2D eigenvalue weighted by molar-refractivity contribution is 7.98. The van der Waals surface area contributed by atoms with Crippen LogP contribution in [0.25, 0.3) is 5.95 Å². The summed E-state index contributed by atoms with van der Waals surface area (Å²) in [6.45, 7) is 4.70. The molecule has 0 saturated carbocycles. The van der Waals surface area contributed by atoms with Crippen LogP contribution in [0.4, 0.5) is 11.9 Å². The zero-order chi connectivity index (χ0) is 20.8. The molecule has 4 rings (SSSR count). The third-order valence-corrected chi connectivity index (χ3v) is 5.97. The van der Waals surface area contributed by atoms with Gasteiger partial charge in [-0.25, -0.2) is 4.98 Å². The van der Waals surface area contributed by atoms with Crippen molar-refractivity contribution >= 4 is 35.3 Å². The Balaban J connectivity index is 1.52. The van der Waals surface area contributed by atoms with Gasteiger partial charge in [0.2, 0.25) is 17.1 Å². The van der Waals surface area contributed by atoms with Gasteiger partial charge in [0.15, 0.2) is 0 Å². The van der Waals surface area contributed by atoms with E-state index in [1.54, 1.807) is 22.8 Å². The van der Waals surface area contributed by atoms with Gasteiger partial charge >= 0.3 is 0 Å². The topological polar surface area (TPSA) is 84.7 Å². The molecule has 0 aliphatic carbocycles. The molecule has 1 fully saturated rings. The second kappa shape index (κ2) is 10.1. The summed E-state index contributed by atoms with van der Waals surface area (Å²) in [7, 11) is 0. The number of hydrogen-bond acceptors (Lipinski definition) is 8. The molecule has 8 nitrogen and oxygen atoms in total. The number of rotatable bonds is 7. The van der Waals surface area contributed by atoms with Crippen molar-refractivity contribution in [3.63, 3.8) is 0 Å². The fourth-order valence-electron chi connectivity index (χ4n) is 3.24. The summed E-state index contributed by atoms with van der Waals surface area (Å²) >= 11 is 7.51. The summed E-state index contributed by atoms with van der Waals surface area (Å²) in [6.07, 6.45) is 6.48. The first-order valence-electron chi connectivity index (χ1n) is 10.3. The van der Waals surface area contributed by atoms with Crippen LogP contribution < -0.4 is 10.2 Å². The molecule has 1 saturated heterocycles. The van der Waals surface area contributed by atoms with Crippen LogP contribution in [-0.4, -0.2) is 49.4 Å². The van der Waals surface area contributed by atoms with E-state index in [9.17, 15) is 0 Å². The normalized spacial score (nSPS) is 14.5. The van der Waals surface area contributed by atoms with E-state index in [-0.39, 0.29) is 0 Å². The first-order valence-corrected chi connectivity index (χ1v) is 11.6. The van der Waals surface area contributed by atoms with Crippen molar-refractivity contribution in [3.8, 4) is 5.95 Å². The van der Waals surface area contributed by atoms with Crippen molar-refractivity contribution in [1.82, 2.24) is 29.7 Å². The van der Waals surface area contributed by atoms with Crippen molar-refractivity contribution in [3.05, 3.63) is 41.2 Å². The fourth-order valence-corrected chi connectivity index (χ4v) is 4.13. The minimum absolute atomic E-state index is 0.478. The van der Waals surface area contributed by atoms with Crippen LogP contribution in [0, 0.1) is 0 Å². The van der Waals surface area contributed by atoms with Gasteiger partial charge in [-0.3, -0.25) is 0 Å². The molecule has 3 heterocycles. The second-order valence-electron chi connectivity index (χ2n) is 7.08. The Hall–Kier alpha value is -2.39. The zero-order valence-electron chi connectivity index (χ0n) is 17.0. The summed E-state index contributed by atoms with van der Waals surface area (Å²) < 4.78 is 1.62. The Kier molecular flexibility index (Phi) is 7.01. The predicted molar refractivity (Wildman–Crippen MR) is 121 cm³/mol. The molecule has 1 aromatic carbocycles. The number of benzene rings is 1. The number of anilines is 2. The molecule has 3 aromatic rings. The molecule has 0 amide bonds. The maximum Gasteiger partial charge on any atom is 0.258 e. The zero-order valence-corrected chi connectivity index (χ0v) is 18.5. The van der Waals surface area contributed by atoms with E-state index >= 15 is 0 Å². The van der Waals surface area contributed by atoms with Crippen molar-refractivity contribution in [1.29, 1.82) is 0 Å². The van der Waals surface area contributed by atoms with E-state index in [1.165, 1.54) is 18.4 Å². The number of nitrogens with zero attached hydrogens (tertiary/aromatic N) is 7. The molecule has 1 N–H and O–H groups in total. The quantitative estimate of drug-likeness (QED) is 0.542. The highest BCUT2D eigenvalue weighted by Crippen LogP contribution is 2.22. The molecule has 0 radical (unpaired) electrons. The van der Waals surface area contributed by atoms with Crippen molar-refractivity contribution in [2.75, 3.05) is 29.9 Å². The molecule has 0 unspecified atom stereocenters. The second-order valence-corrected chi connectivity index (χ2v) is 8.46. The smallest absolute Gasteiger partial charge is 0.258 e. The minimum atomic E-state index is 0.478. The lowest BCUT2D eigenvalue weighted by molar-refractivity contribution is 0.726. The summed E-state index contributed by atoms with van der Waals surface area (Å²) in [5.74, 6) is 2.50. The highest BCUT2D eigenvalue weighted by Gasteiger charge is 2.17. The molecule has 158 valence electrons. The van der Waals surface area contributed by atoms with Crippen LogP contribution in [0.3, 0.4) is 0 Å². The number of hydrogen-bond donors (Lipinski definition) is 1. The Morgan fingerprint density at radius 3 is 2.47 bits per heavy atom. The Morgan fingerprint density at radius 2 is 1.73 bits per heavy atom. The number of thioether (sulfide) groups is 1. The predicted octanol–water partition coefficient (Wildman–Crippen LogP) is 4.21. The molecule has 1 aliphatic rings. The van der Waals surface area contributed by atoms with Crippen molar-refractivity contribution in [2.24, 2.45) is 0 Å². The van der Waals surface area contributed by atoms with E-state index in [4.69, 9.17) is 16.6 Å². The van der Waals surface area contributed by atoms with Gasteiger partial charge in [0.05, 0.1) is 0 Å². The highest BCUT2D eigenvalue weighted by atomic mass is 35.5. The third-order valence-electron chi connectivity index (χ3n) is 4.79. The summed E-state index contributed by atoms with van der Waals surface area (Å²) in [6, 6.07) is 7.80. The Labute approximate surface area is 185 Å². The van der Waals surface area contributed by atoms with E-state index in [0.717, 1.165) is 43.3 Å². The fraction of sp³-hybridized carbons (Fsp3) is 0.450. The summed E-state index contributed by atoms with van der Waals surface area (Å²) in [5, 5.41) is 9.17. The van der Waals surface area contributed by atoms with Crippen LogP contribution in [0.1, 0.15) is 38.2 Å². The van der Waals surface area contributed by atoms with Gasteiger partial charge in [-0.15, -0.1) is 5.10 Å². The van der Waals surface area contributed by atoms with Crippen LogP contribution in [0.15, 0.2) is 35.7 Å². The van der Waals surface area contributed by atoms with Gasteiger partial charge in [-0.2, -0.15) is 19.6 Å². The van der Waals surface area contributed by atoms with Crippen LogP contribution in [0.5, 0.6) is 0 Å². The average molecular weight is 445 g/mol. The molecular formula is C20H25ClN8S. The maximum absolute atomic E-state index is 5.95. The Morgan fingerprint density at radius 1 is 1.00 bits per heavy atom. The van der Waals surface area contributed by atoms with Gasteiger partial charge in [0.25, 0.3) is 5.95 Å². The standard InChI is InChI=1S/C20H25ClN8S/c1-2-22-17-24-18(28-11-5-3-4-6-12-28)26-19(25-17)29-14-23-20(27-29)30-13-15-7-9-16(21)10-8-15/h7-10,14H,2-6,11-13H2,1H3,(H,22,24,25,26). The largest absolute Gasteiger partial charge is 0.354 e. The molecule has 0 bridgehead atoms. The number of aromatic nitrogens is 6. The molecule has 0 spiro atoms. The van der Waals surface area contributed by atoms with Crippen LogP contribution >= 0.6 is 23.4 Å². The third kappa shape index (κ3) is 5.40. The maximum atomic E-state index is 5.95. The van der Waals surface area contributed by atoms with Gasteiger partial charge in [-0.05, 0) is 37.5 Å². The van der Waals surface area contributed by atoms with E-state index in [2.05, 4.69) is 30.3 Å². The lowest BCUT2D eigenvalue weighted by Crippen LogP contribution is -2.27. The molecular weight excluding hydrogens is 420 g/mol. The van der Waals surface area contributed by atoms with Gasteiger partial charge in [0.1, 0.15) is 6.33 Å². The average Bonchev–Trinajstić information content (AvgIpc) is 3.07. The molecule has 30 heavy (non-hydrogen) atoms. The lowest BCUT2D eigenvalue weighted by Gasteiger charge is -2.20. The minimum Gasteiger partial charge on any atom is -0.354 e. The van der Waals surface area contributed by atoms with Gasteiger partial charge < -0.3 is 10.2 Å². The molecule has 1 aliphatic heterocycles. The SMILES string of the molecule is CCNc1nc(N2CCCCCC2)nc(-n2cnc(SCc3ccc(Cl)cc3)n2)n1. The Bertz CT molecular complexity index is 954. The first-order chi connectivity index (χ1) is 14.7. The van der Waals surface area contributed by atoms with Crippen LogP contribution in [0.2, 0.25) is 5.02 Å². The van der Waals surface area contributed by atoms with E-state index < -0.39 is 0 Å². The van der Waals surface area contributed by atoms with E-state index in [0.29, 0.717) is 23.0 Å². The van der Waals surface area contributed by atoms with Crippen LogP contribution in [-0.2, 0) is 5.75 Å². The molecule has 2 aromatic heterocycles. The van der Waals surface area contributed by atoms with Gasteiger partial charge in [-0.1, -0.05) is 48.3 Å². The first kappa shape index (κ1) is 20.9. The number of halogens is 1. The van der Waals surface area contributed by atoms with E-state index in [1.807, 2.05) is 31.2 Å². The number of nitrogens with one attached hydrogen (secondary N) is 1. The van der Waals surface area contributed by atoms with Crippen molar-refractivity contribution < 1.29 is 0 Å². The molecule has 0 atom stereocenters.